The molecule has 2 aromatic rings. The van der Waals surface area contributed by atoms with Crippen molar-refractivity contribution < 1.29 is 4.79 Å². The molecule has 0 saturated heterocycles. The number of carbonyl (C=O) groups is 1. The van der Waals surface area contributed by atoms with Gasteiger partial charge in [0.2, 0.25) is 11.5 Å². The maximum absolute atomic E-state index is 12.0. The van der Waals surface area contributed by atoms with Crippen LogP contribution in [0.25, 0.3) is 0 Å². The Morgan fingerprint density at radius 2 is 1.91 bits per heavy atom. The minimum Gasteiger partial charge on any atom is -0.326 e. The summed E-state index contributed by atoms with van der Waals surface area (Å²) in [6.45, 7) is 0. The second-order valence-electron chi connectivity index (χ2n) is 5.12. The number of aromatic amines is 1. The summed E-state index contributed by atoms with van der Waals surface area (Å²) in [6, 6.07) is 12.8. The molecule has 1 aromatic carbocycles. The average molecular weight is 363 g/mol. The molecule has 0 aliphatic rings. The lowest BCUT2D eigenvalue weighted by molar-refractivity contribution is -0.115. The van der Waals surface area contributed by atoms with Gasteiger partial charge in [0.05, 0.1) is 6.42 Å². The minimum absolute atomic E-state index is 0.122. The second-order valence-corrected chi connectivity index (χ2v) is 5.91. The van der Waals surface area contributed by atoms with Crippen LogP contribution in [0.15, 0.2) is 47.3 Å². The Labute approximate surface area is 138 Å². The number of hydrogen-bond donors (Lipinski definition) is 2. The Morgan fingerprint density at radius 3 is 2.64 bits per heavy atom. The van der Waals surface area contributed by atoms with Gasteiger partial charge in [0.1, 0.15) is 0 Å². The van der Waals surface area contributed by atoms with Gasteiger partial charge in [-0.15, -0.1) is 0 Å². The van der Waals surface area contributed by atoms with E-state index in [2.05, 4.69) is 26.2 Å². The van der Waals surface area contributed by atoms with Crippen LogP contribution in [0.3, 0.4) is 0 Å². The van der Waals surface area contributed by atoms with Crippen molar-refractivity contribution in [3.8, 4) is 0 Å². The van der Waals surface area contributed by atoms with Crippen LogP contribution in [0, 0.1) is 0 Å². The number of pyridine rings is 1. The van der Waals surface area contributed by atoms with Crippen molar-refractivity contribution in [3.63, 3.8) is 0 Å². The van der Waals surface area contributed by atoms with E-state index in [0.29, 0.717) is 12.1 Å². The van der Waals surface area contributed by atoms with E-state index in [1.54, 1.807) is 0 Å². The molecule has 116 valence electrons. The fraction of sp³-hybridized carbons (Fsp3) is 0.294. The number of aryl methyl sites for hydroxylation is 1. The first kappa shape index (κ1) is 16.5. The average Bonchev–Trinajstić information content (AvgIpc) is 2.48. The molecular formula is C17H19BrN2O2. The number of carbonyl (C=O) groups excluding carboxylic acids is 1. The predicted octanol–water partition coefficient (Wildman–Crippen LogP) is 3.27. The first-order valence-electron chi connectivity index (χ1n) is 7.30. The van der Waals surface area contributed by atoms with Gasteiger partial charge in [-0.05, 0) is 30.9 Å². The first-order chi connectivity index (χ1) is 10.7. The maximum Gasteiger partial charge on any atom is 0.250 e. The monoisotopic (exact) mass is 362 g/mol. The van der Waals surface area contributed by atoms with Gasteiger partial charge in [-0.3, -0.25) is 9.59 Å². The third-order valence-electron chi connectivity index (χ3n) is 3.22. The number of benzene rings is 1. The van der Waals surface area contributed by atoms with Gasteiger partial charge in [0, 0.05) is 22.8 Å². The van der Waals surface area contributed by atoms with Gasteiger partial charge in [0.25, 0.3) is 0 Å². The van der Waals surface area contributed by atoms with Crippen molar-refractivity contribution in [2.75, 3.05) is 10.6 Å². The van der Waals surface area contributed by atoms with Crippen LogP contribution in [0.1, 0.15) is 24.1 Å². The molecule has 0 aliphatic heterocycles. The van der Waals surface area contributed by atoms with Gasteiger partial charge in [-0.2, -0.15) is 0 Å². The molecule has 0 radical (unpaired) electrons. The SMILES string of the molecule is O=C(Cc1ccccc1)Nc1cc(CCCCBr)[nH]c(=O)c1. The van der Waals surface area contributed by atoms with Crippen molar-refractivity contribution in [2.24, 2.45) is 0 Å². The minimum atomic E-state index is -0.189. The van der Waals surface area contributed by atoms with Crippen molar-refractivity contribution in [1.82, 2.24) is 4.98 Å². The number of amides is 1. The zero-order chi connectivity index (χ0) is 15.8. The van der Waals surface area contributed by atoms with E-state index in [1.807, 2.05) is 36.4 Å². The molecule has 0 atom stereocenters. The second kappa shape index (κ2) is 8.54. The lowest BCUT2D eigenvalue weighted by Gasteiger charge is -2.07. The number of rotatable bonds is 7. The quantitative estimate of drug-likeness (QED) is 0.586. The van der Waals surface area contributed by atoms with E-state index in [-0.39, 0.29) is 11.5 Å². The Kier molecular flexibility index (Phi) is 6.40. The molecule has 0 spiro atoms. The highest BCUT2D eigenvalue weighted by atomic mass is 79.9. The largest absolute Gasteiger partial charge is 0.326 e. The van der Waals surface area contributed by atoms with Crippen LogP contribution in [-0.2, 0) is 17.6 Å². The first-order valence-corrected chi connectivity index (χ1v) is 8.42. The Morgan fingerprint density at radius 1 is 1.14 bits per heavy atom. The molecule has 22 heavy (non-hydrogen) atoms. The number of nitrogens with one attached hydrogen (secondary N) is 2. The summed E-state index contributed by atoms with van der Waals surface area (Å²) >= 11 is 3.39. The zero-order valence-electron chi connectivity index (χ0n) is 12.3. The summed E-state index contributed by atoms with van der Waals surface area (Å²) in [6.07, 6.45) is 3.13. The number of H-pyrrole nitrogens is 1. The van der Waals surface area contributed by atoms with Gasteiger partial charge >= 0.3 is 0 Å². The number of anilines is 1. The molecule has 0 fully saturated rings. The highest BCUT2D eigenvalue weighted by Crippen LogP contribution is 2.10. The molecule has 1 aromatic heterocycles. The van der Waals surface area contributed by atoms with E-state index < -0.39 is 0 Å². The number of aromatic nitrogens is 1. The molecule has 2 rings (SSSR count). The van der Waals surface area contributed by atoms with Crippen LogP contribution in [0.4, 0.5) is 5.69 Å². The predicted molar refractivity (Wildman–Crippen MR) is 92.6 cm³/mol. The van der Waals surface area contributed by atoms with Crippen LogP contribution in [0.2, 0.25) is 0 Å². The van der Waals surface area contributed by atoms with Gasteiger partial charge in [0.15, 0.2) is 0 Å². The van der Waals surface area contributed by atoms with E-state index in [9.17, 15) is 9.59 Å². The Hall–Kier alpha value is -1.88. The molecule has 0 bridgehead atoms. The number of halogens is 1. The van der Waals surface area contributed by atoms with Gasteiger partial charge < -0.3 is 10.3 Å². The number of unbranched alkanes of at least 4 members (excludes halogenated alkanes) is 1. The van der Waals surface area contributed by atoms with Crippen molar-refractivity contribution in [1.29, 1.82) is 0 Å². The van der Waals surface area contributed by atoms with Crippen LogP contribution < -0.4 is 10.9 Å². The third-order valence-corrected chi connectivity index (χ3v) is 3.78. The van der Waals surface area contributed by atoms with Crippen LogP contribution in [-0.4, -0.2) is 16.2 Å². The standard InChI is InChI=1S/C17H19BrN2O2/c18-9-5-4-8-14-11-15(12-17(22)19-14)20-16(21)10-13-6-2-1-3-7-13/h1-3,6-7,11-12H,4-5,8-10H2,(H2,19,20,21,22). The van der Waals surface area contributed by atoms with Crippen LogP contribution in [0.5, 0.6) is 0 Å². The summed E-state index contributed by atoms with van der Waals surface area (Å²) in [7, 11) is 0. The van der Waals surface area contributed by atoms with Crippen molar-refractivity contribution in [3.05, 3.63) is 64.1 Å². The summed E-state index contributed by atoms with van der Waals surface area (Å²) < 4.78 is 0. The normalized spacial score (nSPS) is 10.4. The van der Waals surface area contributed by atoms with Crippen molar-refractivity contribution >= 4 is 27.5 Å². The zero-order valence-corrected chi connectivity index (χ0v) is 13.9. The fourth-order valence-electron chi connectivity index (χ4n) is 2.20. The number of alkyl halides is 1. The molecule has 1 heterocycles. The molecule has 1 amide bonds. The topological polar surface area (TPSA) is 62.0 Å². The van der Waals surface area contributed by atoms with Gasteiger partial charge in [-0.1, -0.05) is 46.3 Å². The molecule has 4 nitrogen and oxygen atoms in total. The molecule has 0 unspecified atom stereocenters. The summed E-state index contributed by atoms with van der Waals surface area (Å²) in [5.74, 6) is -0.122. The lowest BCUT2D eigenvalue weighted by atomic mass is 10.1. The summed E-state index contributed by atoms with van der Waals surface area (Å²) in [5.41, 5.74) is 2.16. The molecule has 2 N–H and O–H groups in total. The third kappa shape index (κ3) is 5.48. The molecule has 0 aliphatic carbocycles. The Bertz CT molecular complexity index is 668. The molecule has 0 saturated carbocycles. The summed E-state index contributed by atoms with van der Waals surface area (Å²) in [4.78, 5) is 26.5. The van der Waals surface area contributed by atoms with E-state index in [4.69, 9.17) is 0 Å². The fourth-order valence-corrected chi connectivity index (χ4v) is 2.60. The molecular weight excluding hydrogens is 344 g/mol. The molecule has 5 heteroatoms. The van der Waals surface area contributed by atoms with E-state index in [0.717, 1.165) is 35.8 Å². The van der Waals surface area contributed by atoms with E-state index in [1.165, 1.54) is 6.07 Å². The number of hydrogen-bond acceptors (Lipinski definition) is 2. The maximum atomic E-state index is 12.0. The lowest BCUT2D eigenvalue weighted by Crippen LogP contribution is -2.17. The van der Waals surface area contributed by atoms with Gasteiger partial charge in [-0.25, -0.2) is 0 Å². The van der Waals surface area contributed by atoms with E-state index >= 15 is 0 Å². The van der Waals surface area contributed by atoms with Crippen LogP contribution >= 0.6 is 15.9 Å². The highest BCUT2D eigenvalue weighted by Gasteiger charge is 2.06. The highest BCUT2D eigenvalue weighted by molar-refractivity contribution is 9.09. The smallest absolute Gasteiger partial charge is 0.250 e. The van der Waals surface area contributed by atoms with Crippen molar-refractivity contribution in [2.45, 2.75) is 25.7 Å². The summed E-state index contributed by atoms with van der Waals surface area (Å²) in [5, 5.41) is 3.74. The Balaban J connectivity index is 1.99.